The fourth-order valence-electron chi connectivity index (χ4n) is 3.25. The summed E-state index contributed by atoms with van der Waals surface area (Å²) in [4.78, 5) is 0. The first-order valence-electron chi connectivity index (χ1n) is 8.59. The van der Waals surface area contributed by atoms with Gasteiger partial charge < -0.3 is 10.6 Å². The van der Waals surface area contributed by atoms with Crippen molar-refractivity contribution in [1.82, 2.24) is 5.32 Å². The molecular formula is C19H18Cl2F6N2. The zero-order valence-corrected chi connectivity index (χ0v) is 16.5. The lowest BCUT2D eigenvalue weighted by Crippen LogP contribution is -2.16. The van der Waals surface area contributed by atoms with Gasteiger partial charge in [-0.3, -0.25) is 0 Å². The van der Waals surface area contributed by atoms with E-state index >= 15 is 0 Å². The number of fused-ring (bicyclic) bond motifs is 1. The van der Waals surface area contributed by atoms with Crippen molar-refractivity contribution in [2.24, 2.45) is 0 Å². The van der Waals surface area contributed by atoms with Gasteiger partial charge in [0.15, 0.2) is 0 Å². The van der Waals surface area contributed by atoms with Crippen molar-refractivity contribution in [3.8, 4) is 0 Å². The highest BCUT2D eigenvalue weighted by Gasteiger charge is 2.36. The Bertz CT molecular complexity index is 833. The zero-order chi connectivity index (χ0) is 20.5. The molecule has 160 valence electrons. The van der Waals surface area contributed by atoms with Crippen molar-refractivity contribution in [2.45, 2.75) is 31.7 Å². The molecular weight excluding hydrogens is 441 g/mol. The summed E-state index contributed by atoms with van der Waals surface area (Å²) in [6.45, 7) is 1.29. The average molecular weight is 459 g/mol. The molecule has 0 bridgehead atoms. The van der Waals surface area contributed by atoms with Gasteiger partial charge in [-0.25, -0.2) is 0 Å². The molecule has 0 aromatic heterocycles. The van der Waals surface area contributed by atoms with Gasteiger partial charge in [0.1, 0.15) is 0 Å². The van der Waals surface area contributed by atoms with Crippen LogP contribution in [0.25, 0.3) is 0 Å². The molecule has 1 aliphatic heterocycles. The van der Waals surface area contributed by atoms with E-state index in [0.717, 1.165) is 36.2 Å². The van der Waals surface area contributed by atoms with Crippen molar-refractivity contribution in [3.63, 3.8) is 0 Å². The molecule has 3 rings (SSSR count). The Morgan fingerprint density at radius 1 is 0.897 bits per heavy atom. The summed E-state index contributed by atoms with van der Waals surface area (Å²) in [6.07, 6.45) is -8.32. The molecule has 0 aliphatic carbocycles. The molecule has 0 unspecified atom stereocenters. The summed E-state index contributed by atoms with van der Waals surface area (Å²) in [7, 11) is 0. The molecule has 1 aliphatic rings. The highest BCUT2D eigenvalue weighted by molar-refractivity contribution is 6.33. The van der Waals surface area contributed by atoms with Crippen molar-refractivity contribution >= 4 is 29.7 Å². The van der Waals surface area contributed by atoms with Crippen LogP contribution in [-0.4, -0.2) is 13.1 Å². The van der Waals surface area contributed by atoms with Crippen LogP contribution in [0.3, 0.4) is 0 Å². The predicted octanol–water partition coefficient (Wildman–Crippen LogP) is 6.10. The van der Waals surface area contributed by atoms with Gasteiger partial charge in [0.25, 0.3) is 0 Å². The topological polar surface area (TPSA) is 24.1 Å². The van der Waals surface area contributed by atoms with E-state index in [2.05, 4.69) is 10.6 Å². The molecule has 10 heteroatoms. The first kappa shape index (κ1) is 23.6. The quantitative estimate of drug-likeness (QED) is 0.543. The first-order valence-corrected chi connectivity index (χ1v) is 8.96. The number of halogens is 8. The molecule has 2 nitrogen and oxygen atoms in total. The molecule has 29 heavy (non-hydrogen) atoms. The Hall–Kier alpha value is -1.64. The molecule has 0 atom stereocenters. The van der Waals surface area contributed by atoms with Crippen molar-refractivity contribution in [1.29, 1.82) is 0 Å². The summed E-state index contributed by atoms with van der Waals surface area (Å²) in [5.74, 6) is 0. The van der Waals surface area contributed by atoms with Crippen LogP contribution in [0.2, 0.25) is 5.02 Å². The highest BCUT2D eigenvalue weighted by atomic mass is 35.5. The van der Waals surface area contributed by atoms with Crippen molar-refractivity contribution in [3.05, 3.63) is 63.2 Å². The van der Waals surface area contributed by atoms with E-state index in [1.165, 1.54) is 0 Å². The zero-order valence-electron chi connectivity index (χ0n) is 15.0. The minimum atomic E-state index is -4.87. The van der Waals surface area contributed by atoms with Gasteiger partial charge in [0, 0.05) is 6.54 Å². The van der Waals surface area contributed by atoms with Crippen LogP contribution in [0.5, 0.6) is 0 Å². The minimum absolute atomic E-state index is 0. The molecule has 0 spiro atoms. The maximum absolute atomic E-state index is 13.0. The van der Waals surface area contributed by atoms with Crippen LogP contribution in [0.1, 0.15) is 27.8 Å². The van der Waals surface area contributed by atoms with E-state index in [0.29, 0.717) is 23.7 Å². The van der Waals surface area contributed by atoms with Crippen LogP contribution in [0.4, 0.5) is 32.0 Å². The molecule has 1 heterocycles. The van der Waals surface area contributed by atoms with Gasteiger partial charge in [-0.2, -0.15) is 26.3 Å². The number of nitrogens with one attached hydrogen (secondary N) is 2. The monoisotopic (exact) mass is 458 g/mol. The van der Waals surface area contributed by atoms with Crippen LogP contribution < -0.4 is 10.6 Å². The Morgan fingerprint density at radius 3 is 2.07 bits per heavy atom. The Labute approximate surface area is 175 Å². The second-order valence-corrected chi connectivity index (χ2v) is 6.98. The van der Waals surface area contributed by atoms with E-state index < -0.39 is 23.5 Å². The smallest absolute Gasteiger partial charge is 0.380 e. The summed E-state index contributed by atoms with van der Waals surface area (Å²) in [5.41, 5.74) is -0.253. The number of anilines is 1. The number of rotatable bonds is 3. The maximum atomic E-state index is 13.0. The lowest BCUT2D eigenvalue weighted by molar-refractivity contribution is -0.143. The number of benzene rings is 2. The van der Waals surface area contributed by atoms with Gasteiger partial charge in [-0.05, 0) is 66.9 Å². The Kier molecular flexibility index (Phi) is 7.35. The van der Waals surface area contributed by atoms with Crippen LogP contribution in [0.15, 0.2) is 30.3 Å². The summed E-state index contributed by atoms with van der Waals surface area (Å²) in [6, 6.07) is 5.14. The van der Waals surface area contributed by atoms with E-state index in [9.17, 15) is 26.3 Å². The van der Waals surface area contributed by atoms with E-state index in [4.69, 9.17) is 11.6 Å². The minimum Gasteiger partial charge on any atom is -0.380 e. The SMILES string of the molecule is Cl.FC(F)(F)c1cc(CNc2c(Cl)ccc3c2CCNCC3)cc(C(F)(F)F)c1. The van der Waals surface area contributed by atoms with E-state index in [-0.39, 0.29) is 30.6 Å². The number of hydrogen-bond acceptors (Lipinski definition) is 2. The molecule has 2 N–H and O–H groups in total. The van der Waals surface area contributed by atoms with Crippen LogP contribution in [-0.2, 0) is 31.7 Å². The number of hydrogen-bond donors (Lipinski definition) is 2. The van der Waals surface area contributed by atoms with Crippen molar-refractivity contribution in [2.75, 3.05) is 18.4 Å². The van der Waals surface area contributed by atoms with Crippen LogP contribution in [0, 0.1) is 0 Å². The maximum Gasteiger partial charge on any atom is 0.416 e. The average Bonchev–Trinajstić information content (AvgIpc) is 2.84. The molecule has 2 aromatic carbocycles. The molecule has 0 saturated carbocycles. The van der Waals surface area contributed by atoms with Gasteiger partial charge in [0.2, 0.25) is 0 Å². The second kappa shape index (κ2) is 9.02. The molecule has 0 fully saturated rings. The van der Waals surface area contributed by atoms with Gasteiger partial charge in [-0.1, -0.05) is 17.7 Å². The standard InChI is InChI=1S/C19H17ClF6N2.ClH/c20-16-2-1-12-3-5-27-6-4-15(12)17(16)28-10-11-7-13(18(21,22)23)9-14(8-11)19(24,25)26;/h1-2,7-9,27-28H,3-6,10H2;1H. The van der Waals surface area contributed by atoms with E-state index in [1.807, 2.05) is 6.07 Å². The third-order valence-electron chi connectivity index (χ3n) is 4.60. The fraction of sp³-hybridized carbons (Fsp3) is 0.368. The van der Waals surface area contributed by atoms with Gasteiger partial charge >= 0.3 is 12.4 Å². The summed E-state index contributed by atoms with van der Waals surface area (Å²) < 4.78 is 78.1. The summed E-state index contributed by atoms with van der Waals surface area (Å²) >= 11 is 6.25. The highest BCUT2D eigenvalue weighted by Crippen LogP contribution is 2.37. The first-order chi connectivity index (χ1) is 13.1. The predicted molar refractivity (Wildman–Crippen MR) is 103 cm³/mol. The third kappa shape index (κ3) is 5.71. The van der Waals surface area contributed by atoms with Gasteiger partial charge in [0.05, 0.1) is 21.8 Å². The largest absolute Gasteiger partial charge is 0.416 e. The molecule has 0 saturated heterocycles. The Balaban J connectivity index is 0.00000300. The number of alkyl halides is 6. The molecule has 0 amide bonds. The fourth-order valence-corrected chi connectivity index (χ4v) is 3.49. The Morgan fingerprint density at radius 2 is 1.48 bits per heavy atom. The normalized spacial score (nSPS) is 14.6. The van der Waals surface area contributed by atoms with E-state index in [1.54, 1.807) is 6.07 Å². The third-order valence-corrected chi connectivity index (χ3v) is 4.91. The second-order valence-electron chi connectivity index (χ2n) is 6.58. The summed E-state index contributed by atoms with van der Waals surface area (Å²) in [5, 5.41) is 6.57. The van der Waals surface area contributed by atoms with Crippen molar-refractivity contribution < 1.29 is 26.3 Å². The lowest BCUT2D eigenvalue weighted by atomic mass is 10.00. The van der Waals surface area contributed by atoms with Gasteiger partial charge in [-0.15, -0.1) is 12.4 Å². The molecule has 2 aromatic rings. The van der Waals surface area contributed by atoms with Crippen LogP contribution >= 0.6 is 24.0 Å². The molecule has 0 radical (unpaired) electrons. The lowest BCUT2D eigenvalue weighted by Gasteiger charge is -2.18.